The fourth-order valence-electron chi connectivity index (χ4n) is 1.80. The highest BCUT2D eigenvalue weighted by molar-refractivity contribution is 5.69. The second kappa shape index (κ2) is 5.56. The average molecular weight is 260 g/mol. The van der Waals surface area contributed by atoms with Crippen LogP contribution in [0.1, 0.15) is 17.2 Å². The Morgan fingerprint density at radius 3 is 2.68 bits per heavy atom. The monoisotopic (exact) mass is 260 g/mol. The topological polar surface area (TPSA) is 64.3 Å². The zero-order valence-corrected chi connectivity index (χ0v) is 11.0. The van der Waals surface area contributed by atoms with Crippen LogP contribution in [0.4, 0.5) is 0 Å². The average Bonchev–Trinajstić information content (AvgIpc) is 2.65. The van der Waals surface area contributed by atoms with Crippen LogP contribution in [0.3, 0.4) is 0 Å². The number of aromatic nitrogens is 2. The number of rotatable bonds is 5. The minimum atomic E-state index is -0.878. The quantitative estimate of drug-likeness (QED) is 0.892. The number of hydrogen-bond donors (Lipinski definition) is 1. The Morgan fingerprint density at radius 1 is 1.37 bits per heavy atom. The molecule has 0 saturated heterocycles. The first-order valence-corrected chi connectivity index (χ1v) is 5.98. The highest BCUT2D eigenvalue weighted by Gasteiger charge is 2.14. The van der Waals surface area contributed by atoms with Gasteiger partial charge in [0.05, 0.1) is 12.1 Å². The standard InChI is InChI=1S/C14H16N2O3/c1-10-12(8-14(17)18)15-13(16(10)2)9-19-11-6-4-3-5-7-11/h3-7H,8-9H2,1-2H3,(H,17,18). The van der Waals surface area contributed by atoms with Gasteiger partial charge in [-0.25, -0.2) is 4.98 Å². The summed E-state index contributed by atoms with van der Waals surface area (Å²) in [6.07, 6.45) is -0.0645. The van der Waals surface area contributed by atoms with Crippen molar-refractivity contribution in [2.45, 2.75) is 20.0 Å². The Morgan fingerprint density at radius 2 is 2.05 bits per heavy atom. The number of imidazole rings is 1. The molecule has 0 atom stereocenters. The predicted octanol–water partition coefficient (Wildman–Crippen LogP) is 1.93. The van der Waals surface area contributed by atoms with E-state index in [4.69, 9.17) is 9.84 Å². The molecule has 0 unspecified atom stereocenters. The highest BCUT2D eigenvalue weighted by atomic mass is 16.5. The van der Waals surface area contributed by atoms with Crippen LogP contribution in [-0.4, -0.2) is 20.6 Å². The number of benzene rings is 1. The van der Waals surface area contributed by atoms with Gasteiger partial charge >= 0.3 is 5.97 Å². The van der Waals surface area contributed by atoms with Crippen molar-refractivity contribution in [1.29, 1.82) is 0 Å². The largest absolute Gasteiger partial charge is 0.486 e. The molecule has 0 radical (unpaired) electrons. The smallest absolute Gasteiger partial charge is 0.309 e. The van der Waals surface area contributed by atoms with Crippen LogP contribution in [0.2, 0.25) is 0 Å². The van der Waals surface area contributed by atoms with E-state index in [-0.39, 0.29) is 6.42 Å². The van der Waals surface area contributed by atoms with E-state index >= 15 is 0 Å². The normalized spacial score (nSPS) is 10.4. The fourth-order valence-corrected chi connectivity index (χ4v) is 1.80. The molecule has 1 aromatic carbocycles. The molecule has 5 heteroatoms. The minimum Gasteiger partial charge on any atom is -0.486 e. The number of carbonyl (C=O) groups is 1. The van der Waals surface area contributed by atoms with Crippen molar-refractivity contribution in [2.24, 2.45) is 7.05 Å². The molecule has 100 valence electrons. The van der Waals surface area contributed by atoms with E-state index in [0.29, 0.717) is 12.3 Å². The number of para-hydroxylation sites is 1. The van der Waals surface area contributed by atoms with Crippen LogP contribution in [-0.2, 0) is 24.9 Å². The van der Waals surface area contributed by atoms with Crippen LogP contribution in [0.25, 0.3) is 0 Å². The zero-order chi connectivity index (χ0) is 13.8. The number of hydrogen-bond acceptors (Lipinski definition) is 3. The van der Waals surface area contributed by atoms with Crippen molar-refractivity contribution >= 4 is 5.97 Å². The molecule has 0 saturated carbocycles. The Kier molecular flexibility index (Phi) is 3.85. The fraction of sp³-hybridized carbons (Fsp3) is 0.286. The van der Waals surface area contributed by atoms with Gasteiger partial charge in [-0.2, -0.15) is 0 Å². The van der Waals surface area contributed by atoms with Gasteiger partial charge in [0, 0.05) is 12.7 Å². The van der Waals surface area contributed by atoms with Gasteiger partial charge < -0.3 is 14.4 Å². The Hall–Kier alpha value is -2.30. The maximum absolute atomic E-state index is 10.7. The van der Waals surface area contributed by atoms with Gasteiger partial charge in [-0.15, -0.1) is 0 Å². The summed E-state index contributed by atoms with van der Waals surface area (Å²) in [5, 5.41) is 8.82. The van der Waals surface area contributed by atoms with E-state index in [2.05, 4.69) is 4.98 Å². The van der Waals surface area contributed by atoms with Gasteiger partial charge in [0.25, 0.3) is 0 Å². The molecule has 0 aliphatic carbocycles. The van der Waals surface area contributed by atoms with E-state index in [1.54, 1.807) is 0 Å². The van der Waals surface area contributed by atoms with Crippen LogP contribution >= 0.6 is 0 Å². The van der Waals surface area contributed by atoms with E-state index < -0.39 is 5.97 Å². The molecule has 0 aliphatic heterocycles. The van der Waals surface area contributed by atoms with Gasteiger partial charge in [0.2, 0.25) is 0 Å². The van der Waals surface area contributed by atoms with Crippen LogP contribution < -0.4 is 4.74 Å². The molecule has 2 aromatic rings. The second-order valence-electron chi connectivity index (χ2n) is 4.29. The SMILES string of the molecule is Cc1c(CC(=O)O)nc(COc2ccccc2)n1C. The molecule has 19 heavy (non-hydrogen) atoms. The molecular weight excluding hydrogens is 244 g/mol. The summed E-state index contributed by atoms with van der Waals surface area (Å²) in [6.45, 7) is 2.18. The molecule has 0 bridgehead atoms. The lowest BCUT2D eigenvalue weighted by molar-refractivity contribution is -0.136. The third kappa shape index (κ3) is 3.13. The van der Waals surface area contributed by atoms with Crippen molar-refractivity contribution < 1.29 is 14.6 Å². The predicted molar refractivity (Wildman–Crippen MR) is 70.1 cm³/mol. The summed E-state index contributed by atoms with van der Waals surface area (Å²) in [6, 6.07) is 9.45. The summed E-state index contributed by atoms with van der Waals surface area (Å²) in [4.78, 5) is 15.1. The van der Waals surface area contributed by atoms with Crippen LogP contribution in [0, 0.1) is 6.92 Å². The van der Waals surface area contributed by atoms with Gasteiger partial charge in [-0.1, -0.05) is 18.2 Å². The van der Waals surface area contributed by atoms with Crippen LogP contribution in [0.15, 0.2) is 30.3 Å². The first kappa shape index (κ1) is 13.1. The maximum Gasteiger partial charge on any atom is 0.309 e. The van der Waals surface area contributed by atoms with E-state index in [9.17, 15) is 4.79 Å². The molecule has 1 heterocycles. The lowest BCUT2D eigenvalue weighted by Crippen LogP contribution is -2.04. The third-order valence-electron chi connectivity index (χ3n) is 3.00. The molecule has 0 spiro atoms. The van der Waals surface area contributed by atoms with Gasteiger partial charge in [-0.3, -0.25) is 4.79 Å². The second-order valence-corrected chi connectivity index (χ2v) is 4.29. The van der Waals surface area contributed by atoms with Gasteiger partial charge in [0.1, 0.15) is 18.2 Å². The molecule has 0 fully saturated rings. The molecule has 2 rings (SSSR count). The number of carboxylic acids is 1. The lowest BCUT2D eigenvalue weighted by atomic mass is 10.2. The third-order valence-corrected chi connectivity index (χ3v) is 3.00. The summed E-state index contributed by atoms with van der Waals surface area (Å²) in [5.74, 6) is 0.609. The molecular formula is C14H16N2O3. The number of ether oxygens (including phenoxy) is 1. The maximum atomic E-state index is 10.7. The Balaban J connectivity index is 2.10. The summed E-state index contributed by atoms with van der Waals surface area (Å²) in [5.41, 5.74) is 1.44. The number of aliphatic carboxylic acids is 1. The van der Waals surface area contributed by atoms with Gasteiger partial charge in [-0.05, 0) is 19.1 Å². The van der Waals surface area contributed by atoms with E-state index in [1.807, 2.05) is 48.9 Å². The molecule has 5 nitrogen and oxygen atoms in total. The van der Waals surface area contributed by atoms with Crippen molar-refractivity contribution in [3.8, 4) is 5.75 Å². The Labute approximate surface area is 111 Å². The van der Waals surface area contributed by atoms with Crippen molar-refractivity contribution in [1.82, 2.24) is 9.55 Å². The Bertz CT molecular complexity index is 576. The zero-order valence-electron chi connectivity index (χ0n) is 11.0. The van der Waals surface area contributed by atoms with Crippen molar-refractivity contribution in [2.75, 3.05) is 0 Å². The molecule has 1 N–H and O–H groups in total. The van der Waals surface area contributed by atoms with Gasteiger partial charge in [0.15, 0.2) is 0 Å². The first-order valence-electron chi connectivity index (χ1n) is 5.98. The molecule has 1 aromatic heterocycles. The van der Waals surface area contributed by atoms with Crippen LogP contribution in [0.5, 0.6) is 5.75 Å². The summed E-state index contributed by atoms with van der Waals surface area (Å²) >= 11 is 0. The summed E-state index contributed by atoms with van der Waals surface area (Å²) < 4.78 is 7.48. The van der Waals surface area contributed by atoms with E-state index in [1.165, 1.54) is 0 Å². The lowest BCUT2D eigenvalue weighted by Gasteiger charge is -2.06. The van der Waals surface area contributed by atoms with Crippen molar-refractivity contribution in [3.05, 3.63) is 47.5 Å². The molecule has 0 aliphatic rings. The highest BCUT2D eigenvalue weighted by Crippen LogP contribution is 2.14. The number of carboxylic acid groups (broad SMARTS) is 1. The summed E-state index contributed by atoms with van der Waals surface area (Å²) in [7, 11) is 1.86. The first-order chi connectivity index (χ1) is 9.08. The van der Waals surface area contributed by atoms with Crippen molar-refractivity contribution in [3.63, 3.8) is 0 Å². The van der Waals surface area contributed by atoms with E-state index in [0.717, 1.165) is 17.3 Å². The minimum absolute atomic E-state index is 0.0645. The molecule has 0 amide bonds. The number of nitrogens with zero attached hydrogens (tertiary/aromatic N) is 2.